The molecule has 0 amide bonds. The van der Waals surface area contributed by atoms with Gasteiger partial charge < -0.3 is 17.2 Å². The molecule has 93 valence electrons. The standard InChI is InChI=1S/C5H6.3CH5N.3ClH.Ti/c1-2-4-5-3-1;3*1-2;;;;/h1-4H,5H2;3*2H2,1H3;3*1H;/q;;;;;;;+3/p-3. The van der Waals surface area contributed by atoms with Crippen LogP contribution in [0.25, 0.3) is 0 Å². The second-order valence-corrected chi connectivity index (χ2v) is 9.04. The zero-order chi connectivity index (χ0) is 13.1. The zero-order valence-corrected chi connectivity index (χ0v) is 13.2. The molecule has 15 heavy (non-hydrogen) atoms. The summed E-state index contributed by atoms with van der Waals surface area (Å²) in [5.74, 6) is 0. The van der Waals surface area contributed by atoms with E-state index in [0.717, 1.165) is 6.42 Å². The number of hydrogen-bond acceptors (Lipinski definition) is 3. The number of allylic oxidation sites excluding steroid dienone is 4. The van der Waals surface area contributed by atoms with Crippen molar-refractivity contribution in [3.8, 4) is 0 Å². The molecule has 0 saturated heterocycles. The average Bonchev–Trinajstić information content (AvgIpc) is 2.83. The quantitative estimate of drug-likeness (QED) is 0.600. The summed E-state index contributed by atoms with van der Waals surface area (Å²) < 4.78 is 0. The second kappa shape index (κ2) is 36.3. The first-order valence-corrected chi connectivity index (χ1v) is 10.6. The molecule has 0 aliphatic heterocycles. The monoisotopic (exact) mass is 312 g/mol. The molecule has 1 aliphatic rings. The molecule has 1 rings (SSSR count). The van der Waals surface area contributed by atoms with Gasteiger partial charge in [-0.3, -0.25) is 0 Å². The molecule has 0 atom stereocenters. The van der Waals surface area contributed by atoms with Gasteiger partial charge in [0.05, 0.1) is 0 Å². The number of hydrogen-bond donors (Lipinski definition) is 3. The van der Waals surface area contributed by atoms with Crippen LogP contribution in [0.4, 0.5) is 0 Å². The average molecular weight is 314 g/mol. The van der Waals surface area contributed by atoms with Gasteiger partial charge in [0.25, 0.3) is 0 Å². The summed E-state index contributed by atoms with van der Waals surface area (Å²) in [5, 5.41) is 0. The summed E-state index contributed by atoms with van der Waals surface area (Å²) in [5.41, 5.74) is 13.5. The van der Waals surface area contributed by atoms with Gasteiger partial charge in [0.1, 0.15) is 0 Å². The van der Waals surface area contributed by atoms with Gasteiger partial charge in [-0.05, 0) is 27.6 Å². The van der Waals surface area contributed by atoms with Gasteiger partial charge in [0.15, 0.2) is 0 Å². The summed E-state index contributed by atoms with van der Waals surface area (Å²) in [6, 6.07) is 0. The van der Waals surface area contributed by atoms with E-state index in [2.05, 4.69) is 41.5 Å². The molecule has 0 bridgehead atoms. The van der Waals surface area contributed by atoms with E-state index in [1.54, 1.807) is 0 Å². The number of nitrogens with two attached hydrogens (primary N) is 3. The Morgan fingerprint density at radius 1 is 0.800 bits per heavy atom. The van der Waals surface area contributed by atoms with Crippen LogP contribution in [0, 0.1) is 0 Å². The van der Waals surface area contributed by atoms with Crippen LogP contribution in [-0.4, -0.2) is 21.1 Å². The summed E-state index contributed by atoms with van der Waals surface area (Å²) in [6.07, 6.45) is 9.50. The van der Waals surface area contributed by atoms with E-state index in [9.17, 15) is 0 Å². The van der Waals surface area contributed by atoms with Gasteiger partial charge in [0.2, 0.25) is 0 Å². The second-order valence-electron chi connectivity index (χ2n) is 1.31. The van der Waals surface area contributed by atoms with Crippen LogP contribution in [-0.2, 0) is 14.7 Å². The summed E-state index contributed by atoms with van der Waals surface area (Å²) >= 11 is -1.92. The van der Waals surface area contributed by atoms with Gasteiger partial charge in [0, 0.05) is 0 Å². The third kappa shape index (κ3) is 70.9. The Kier molecular flexibility index (Phi) is 60.4. The predicted octanol–water partition coefficient (Wildman–Crippen LogP) is 2.29. The van der Waals surface area contributed by atoms with Crippen molar-refractivity contribution in [3.05, 3.63) is 24.3 Å². The summed E-state index contributed by atoms with van der Waals surface area (Å²) in [7, 11) is 19.4. The molecule has 3 nitrogen and oxygen atoms in total. The van der Waals surface area contributed by atoms with Crippen molar-refractivity contribution >= 4 is 27.9 Å². The Morgan fingerprint density at radius 2 is 1.00 bits per heavy atom. The van der Waals surface area contributed by atoms with Crippen molar-refractivity contribution in [3.63, 3.8) is 0 Å². The Morgan fingerprint density at radius 3 is 1.07 bits per heavy atom. The van der Waals surface area contributed by atoms with Crippen LogP contribution in [0.15, 0.2) is 24.3 Å². The van der Waals surface area contributed by atoms with Crippen molar-refractivity contribution < 1.29 is 14.7 Å². The Labute approximate surface area is 111 Å². The molecule has 7 heteroatoms. The molecule has 0 heterocycles. The van der Waals surface area contributed by atoms with Crippen molar-refractivity contribution in [1.29, 1.82) is 0 Å². The van der Waals surface area contributed by atoms with E-state index >= 15 is 0 Å². The maximum absolute atomic E-state index is 4.97. The number of halogens is 3. The molecule has 0 unspecified atom stereocenters. The first kappa shape index (κ1) is 25.0. The summed E-state index contributed by atoms with van der Waals surface area (Å²) in [6.45, 7) is 0. The molecule has 0 spiro atoms. The molecule has 6 N–H and O–H groups in total. The van der Waals surface area contributed by atoms with Crippen LogP contribution in [0.5, 0.6) is 0 Å². The number of rotatable bonds is 0. The predicted molar refractivity (Wildman–Crippen MR) is 70.8 cm³/mol. The fraction of sp³-hybridized carbons (Fsp3) is 0.500. The van der Waals surface area contributed by atoms with E-state index in [-0.39, 0.29) is 0 Å². The molecule has 0 fully saturated rings. The first-order valence-electron chi connectivity index (χ1n) is 4.12. The van der Waals surface area contributed by atoms with E-state index in [4.69, 9.17) is 27.9 Å². The zero-order valence-electron chi connectivity index (χ0n) is 9.38. The SMILES string of the molecule is C1=CCC=C1.CN.CN.CN.[Cl][Ti]([Cl])[Cl]. The molecular weight excluding hydrogens is 292 g/mol. The summed E-state index contributed by atoms with van der Waals surface area (Å²) in [4.78, 5) is 0. The third-order valence-electron chi connectivity index (χ3n) is 0.655. The molecule has 0 aromatic rings. The van der Waals surface area contributed by atoms with E-state index in [0.29, 0.717) is 0 Å². The van der Waals surface area contributed by atoms with E-state index < -0.39 is 14.7 Å². The topological polar surface area (TPSA) is 78.1 Å². The molecular formula is C8H21Cl3N3Ti. The van der Waals surface area contributed by atoms with Crippen molar-refractivity contribution in [2.45, 2.75) is 6.42 Å². The van der Waals surface area contributed by atoms with Crippen LogP contribution in [0.1, 0.15) is 6.42 Å². The molecule has 0 saturated carbocycles. The van der Waals surface area contributed by atoms with E-state index in [1.165, 1.54) is 21.1 Å². The fourth-order valence-corrected chi connectivity index (χ4v) is 0.393. The minimum atomic E-state index is -1.92. The van der Waals surface area contributed by atoms with Gasteiger partial charge in [-0.2, -0.15) is 0 Å². The van der Waals surface area contributed by atoms with Crippen molar-refractivity contribution in [2.75, 3.05) is 21.1 Å². The van der Waals surface area contributed by atoms with E-state index in [1.807, 2.05) is 0 Å². The molecule has 0 radical (unpaired) electrons. The van der Waals surface area contributed by atoms with Crippen LogP contribution in [0.3, 0.4) is 0 Å². The maximum atomic E-state index is 4.97. The van der Waals surface area contributed by atoms with Crippen LogP contribution >= 0.6 is 27.9 Å². The Bertz CT molecular complexity index is 109. The normalized spacial score (nSPS) is 8.87. The Balaban J connectivity index is -0.0000000552. The van der Waals surface area contributed by atoms with Gasteiger partial charge >= 0.3 is 42.6 Å². The van der Waals surface area contributed by atoms with Gasteiger partial charge in [-0.25, -0.2) is 0 Å². The third-order valence-corrected chi connectivity index (χ3v) is 0.655. The van der Waals surface area contributed by atoms with Crippen LogP contribution in [0.2, 0.25) is 0 Å². The Hall–Kier alpha value is 0.944. The molecule has 1 aliphatic carbocycles. The van der Waals surface area contributed by atoms with Gasteiger partial charge in [-0.15, -0.1) is 0 Å². The van der Waals surface area contributed by atoms with Crippen LogP contribution < -0.4 is 17.2 Å². The molecule has 0 aromatic carbocycles. The molecule has 0 aromatic heterocycles. The van der Waals surface area contributed by atoms with Crippen molar-refractivity contribution in [1.82, 2.24) is 0 Å². The van der Waals surface area contributed by atoms with Gasteiger partial charge in [-0.1, -0.05) is 24.3 Å². The minimum absolute atomic E-state index is 1.14. The first-order chi connectivity index (χ1) is 7.23. The van der Waals surface area contributed by atoms with Crippen molar-refractivity contribution in [2.24, 2.45) is 17.2 Å². The fourth-order valence-electron chi connectivity index (χ4n) is 0.393.